The van der Waals surface area contributed by atoms with Crippen molar-refractivity contribution < 1.29 is 37.5 Å². The van der Waals surface area contributed by atoms with Crippen molar-refractivity contribution in [1.82, 2.24) is 45.8 Å². The number of hydrogen-bond acceptors (Lipinski definition) is 17. The van der Waals surface area contributed by atoms with Crippen LogP contribution in [0, 0.1) is 47.0 Å². The number of aromatic nitrogens is 6. The molecule has 1 amide bonds. The van der Waals surface area contributed by atoms with Gasteiger partial charge in [-0.1, -0.05) is 47.4 Å². The summed E-state index contributed by atoms with van der Waals surface area (Å²) in [5.74, 6) is 5.17. The van der Waals surface area contributed by atoms with E-state index in [1.165, 1.54) is 7.11 Å². The summed E-state index contributed by atoms with van der Waals surface area (Å²) in [4.78, 5) is 35.7. The average Bonchev–Trinajstić information content (AvgIpc) is 4.16. The number of benzene rings is 2. The first-order valence-electron chi connectivity index (χ1n) is 26.3. The van der Waals surface area contributed by atoms with E-state index in [2.05, 4.69) is 32.8 Å². The summed E-state index contributed by atoms with van der Waals surface area (Å²) in [5.41, 5.74) is 8.03. The number of methoxy groups -OCH3 is 1. The number of amides is 1. The number of ether oxygens (including phenoxy) is 5. The van der Waals surface area contributed by atoms with Gasteiger partial charge in [-0.15, -0.1) is 0 Å². The minimum Gasteiger partial charge on any atom is -0.494 e. The lowest BCUT2D eigenvalue weighted by Gasteiger charge is -2.53. The third kappa shape index (κ3) is 13.5. The van der Waals surface area contributed by atoms with Crippen molar-refractivity contribution >= 4 is 35.1 Å². The number of hydrogen-bond donors (Lipinski definition) is 2. The summed E-state index contributed by atoms with van der Waals surface area (Å²) >= 11 is 13.3. The molecular weight excluding hydrogens is 1010 g/mol. The molecule has 2 N–H and O–H groups in total. The van der Waals surface area contributed by atoms with Gasteiger partial charge in [0, 0.05) is 60.5 Å². The lowest BCUT2D eigenvalue weighted by Crippen LogP contribution is -2.62. The van der Waals surface area contributed by atoms with E-state index >= 15 is 0 Å². The van der Waals surface area contributed by atoms with Crippen molar-refractivity contribution in [2.75, 3.05) is 91.8 Å². The molecule has 410 valence electrons. The van der Waals surface area contributed by atoms with Crippen LogP contribution in [-0.4, -0.2) is 134 Å². The standard InChI is InChI=1S/C29H37ClN6O4.C25H31ClN4O4.C2H6/c1-18-25(24-19(2)34-40-20(24)3)32-26(22-15-21(7-8-23(22)30)39-14-6-11-31-4)33-27(18)35-12-9-29(10-13-35)16-36(17-29)28(37)38-5;1-15-23(22-16(2)30-34-17(22)3)28-24(29-25(15)33-14-19-7-5-11-32-19)20-13-18(8-9-21(20)26)31-12-6-10-27-4;1-2/h7-8,15,31H,6,9-14,16-17H2,1-5H3;8-9,13,19,27H,5-7,10-12,14H2,1-4H3;1-2H3. The number of piperidine rings is 1. The fourth-order valence-corrected chi connectivity index (χ4v) is 10.1. The van der Waals surface area contributed by atoms with Crippen LogP contribution < -0.4 is 29.7 Å². The van der Waals surface area contributed by atoms with E-state index < -0.39 is 0 Å². The van der Waals surface area contributed by atoms with E-state index in [0.717, 1.165) is 135 Å². The van der Waals surface area contributed by atoms with Crippen LogP contribution in [0.4, 0.5) is 10.6 Å². The molecule has 2 aromatic carbocycles. The number of halogens is 2. The van der Waals surface area contributed by atoms with Crippen LogP contribution in [0.2, 0.25) is 10.0 Å². The van der Waals surface area contributed by atoms with Crippen LogP contribution in [0.5, 0.6) is 17.4 Å². The number of rotatable bonds is 18. The van der Waals surface area contributed by atoms with E-state index in [0.29, 0.717) is 81.5 Å². The third-order valence-corrected chi connectivity index (χ3v) is 14.5. The Kier molecular flexibility index (Phi) is 20.3. The van der Waals surface area contributed by atoms with Gasteiger partial charge >= 0.3 is 6.09 Å². The SMILES string of the molecule is CC.CNCCCOc1ccc(Cl)c(-c2nc(-c3c(C)noc3C)c(C)c(N3CCC4(CC3)CN(C(=O)OC)C4)n2)c1.CNCCCOc1ccc(Cl)c(-c2nc(OCC3CCCO3)c(C)c(-c3c(C)noc3C)n2)c1. The normalized spacial score (nSPS) is 15.6. The summed E-state index contributed by atoms with van der Waals surface area (Å²) in [6.45, 7) is 22.9. The molecule has 0 radical (unpaired) electrons. The number of carbonyl (C=O) groups is 1. The maximum absolute atomic E-state index is 11.9. The van der Waals surface area contributed by atoms with Crippen molar-refractivity contribution in [3.8, 4) is 62.7 Å². The molecule has 1 unspecified atom stereocenters. The quantitative estimate of drug-likeness (QED) is 0.0770. The highest BCUT2D eigenvalue weighted by molar-refractivity contribution is 6.33. The maximum Gasteiger partial charge on any atom is 0.409 e. The largest absolute Gasteiger partial charge is 0.494 e. The first-order chi connectivity index (χ1) is 36.7. The topological polar surface area (TPSA) is 197 Å². The second-order valence-electron chi connectivity index (χ2n) is 19.2. The number of carbonyl (C=O) groups excluding carboxylic acids is 1. The molecule has 0 bridgehead atoms. The van der Waals surface area contributed by atoms with Gasteiger partial charge in [-0.25, -0.2) is 19.7 Å². The van der Waals surface area contributed by atoms with E-state index in [1.54, 1.807) is 11.0 Å². The van der Waals surface area contributed by atoms with Crippen molar-refractivity contribution in [2.45, 2.75) is 100 Å². The van der Waals surface area contributed by atoms with Gasteiger partial charge in [0.2, 0.25) is 5.88 Å². The van der Waals surface area contributed by atoms with Gasteiger partial charge < -0.3 is 53.2 Å². The lowest BCUT2D eigenvalue weighted by atomic mass is 9.72. The number of nitrogens with zero attached hydrogens (tertiary/aromatic N) is 8. The zero-order chi connectivity index (χ0) is 54.5. The van der Waals surface area contributed by atoms with Gasteiger partial charge in [-0.2, -0.15) is 4.98 Å². The van der Waals surface area contributed by atoms with E-state index in [-0.39, 0.29) is 17.6 Å². The highest BCUT2D eigenvalue weighted by Gasteiger charge is 2.47. The van der Waals surface area contributed by atoms with Gasteiger partial charge in [-0.3, -0.25) is 0 Å². The fraction of sp³-hybridized carbons (Fsp3) is 0.518. The molecule has 76 heavy (non-hydrogen) atoms. The Bertz CT molecular complexity index is 2850. The van der Waals surface area contributed by atoms with E-state index in [1.807, 2.05) is 92.9 Å². The molecule has 20 heteroatoms. The summed E-state index contributed by atoms with van der Waals surface area (Å²) in [5, 5.41) is 15.6. The number of aryl methyl sites for hydroxylation is 4. The van der Waals surface area contributed by atoms with E-state index in [9.17, 15) is 4.79 Å². The number of anilines is 1. The molecule has 3 aliphatic heterocycles. The smallest absolute Gasteiger partial charge is 0.409 e. The van der Waals surface area contributed by atoms with Crippen LogP contribution in [0.15, 0.2) is 45.4 Å². The van der Waals surface area contributed by atoms with Gasteiger partial charge in [-0.05, 0) is 144 Å². The molecule has 18 nitrogen and oxygen atoms in total. The molecule has 7 heterocycles. The molecule has 9 rings (SSSR count). The molecular formula is C56H74Cl2N10O8. The van der Waals surface area contributed by atoms with Crippen molar-refractivity contribution in [1.29, 1.82) is 0 Å². The number of nitrogens with one attached hydrogen (secondary N) is 2. The fourth-order valence-electron chi connectivity index (χ4n) is 9.71. The van der Waals surface area contributed by atoms with Gasteiger partial charge in [0.25, 0.3) is 0 Å². The Balaban J connectivity index is 0.000000217. The van der Waals surface area contributed by atoms with Crippen molar-refractivity contribution in [3.63, 3.8) is 0 Å². The Hall–Kier alpha value is -6.05. The second-order valence-corrected chi connectivity index (χ2v) is 20.0. The highest BCUT2D eigenvalue weighted by atomic mass is 35.5. The minimum atomic E-state index is -0.251. The molecule has 3 aliphatic rings. The Morgan fingerprint density at radius 3 is 1.74 bits per heavy atom. The predicted octanol–water partition coefficient (Wildman–Crippen LogP) is 11.0. The first kappa shape index (κ1) is 57.7. The second kappa shape index (κ2) is 26.8. The van der Waals surface area contributed by atoms with Gasteiger partial charge in [0.1, 0.15) is 35.4 Å². The zero-order valence-electron chi connectivity index (χ0n) is 46.0. The van der Waals surface area contributed by atoms with Gasteiger partial charge in [0.15, 0.2) is 11.6 Å². The number of likely N-dealkylation sites (tertiary alicyclic amines) is 1. The van der Waals surface area contributed by atoms with Crippen LogP contribution in [0.1, 0.15) is 86.4 Å². The molecule has 0 aliphatic carbocycles. The third-order valence-electron chi connectivity index (χ3n) is 13.8. The highest BCUT2D eigenvalue weighted by Crippen LogP contribution is 2.44. The molecule has 3 saturated heterocycles. The minimum absolute atomic E-state index is 0.0678. The van der Waals surface area contributed by atoms with Crippen molar-refractivity contribution in [3.05, 3.63) is 80.5 Å². The van der Waals surface area contributed by atoms with Crippen LogP contribution >= 0.6 is 23.2 Å². The average molecular weight is 1090 g/mol. The molecule has 4 aromatic heterocycles. The van der Waals surface area contributed by atoms with Crippen molar-refractivity contribution in [2.24, 2.45) is 5.41 Å². The lowest BCUT2D eigenvalue weighted by molar-refractivity contribution is -0.0122. The Morgan fingerprint density at radius 1 is 0.737 bits per heavy atom. The summed E-state index contributed by atoms with van der Waals surface area (Å²) < 4.78 is 39.6. The molecule has 3 fully saturated rings. The maximum atomic E-state index is 11.9. The summed E-state index contributed by atoms with van der Waals surface area (Å²) in [7, 11) is 5.28. The van der Waals surface area contributed by atoms with Gasteiger partial charge in [0.05, 0.1) is 70.4 Å². The first-order valence-corrected chi connectivity index (χ1v) is 27.1. The summed E-state index contributed by atoms with van der Waals surface area (Å²) in [6, 6.07) is 11.1. The predicted molar refractivity (Wildman–Crippen MR) is 296 cm³/mol. The summed E-state index contributed by atoms with van der Waals surface area (Å²) in [6.07, 6.45) is 5.57. The molecule has 1 spiro atoms. The van der Waals surface area contributed by atoms with Crippen LogP contribution in [0.25, 0.3) is 45.3 Å². The molecule has 6 aromatic rings. The zero-order valence-corrected chi connectivity index (χ0v) is 47.5. The van der Waals surface area contributed by atoms with Crippen LogP contribution in [0.3, 0.4) is 0 Å². The van der Waals surface area contributed by atoms with Crippen LogP contribution in [-0.2, 0) is 9.47 Å². The van der Waals surface area contributed by atoms with E-state index in [4.69, 9.17) is 75.9 Å². The molecule has 0 saturated carbocycles. The monoisotopic (exact) mass is 1080 g/mol. The Morgan fingerprint density at radius 2 is 1.26 bits per heavy atom. The Labute approximate surface area is 456 Å². The molecule has 1 atom stereocenters.